The molecule has 0 aliphatic heterocycles. The van der Waals surface area contributed by atoms with E-state index in [4.69, 9.17) is 4.74 Å². The quantitative estimate of drug-likeness (QED) is 0.809. The van der Waals surface area contributed by atoms with Crippen LogP contribution in [0.3, 0.4) is 0 Å². The first-order chi connectivity index (χ1) is 8.58. The van der Waals surface area contributed by atoms with Gasteiger partial charge >= 0.3 is 0 Å². The highest BCUT2D eigenvalue weighted by Crippen LogP contribution is 2.26. The van der Waals surface area contributed by atoms with Gasteiger partial charge in [-0.15, -0.1) is 0 Å². The predicted octanol–water partition coefficient (Wildman–Crippen LogP) is 1.79. The minimum atomic E-state index is -0.0953. The number of likely N-dealkylation sites (N-methyl/N-ethyl adjacent to an activating group) is 1. The van der Waals surface area contributed by atoms with Gasteiger partial charge in [0, 0.05) is 18.2 Å². The lowest BCUT2D eigenvalue weighted by molar-refractivity contribution is -0.123. The standard InChI is InChI=1S/C14H22N2O2/c1-5-16-14(17)9-18-13-8-10(2)6-7-12(13)11(3)15-4/h6-8,11,15H,5,9H2,1-4H3,(H,16,17). The summed E-state index contributed by atoms with van der Waals surface area (Å²) in [6.45, 7) is 6.63. The maximum Gasteiger partial charge on any atom is 0.257 e. The number of hydrogen-bond acceptors (Lipinski definition) is 3. The molecule has 1 aromatic rings. The molecule has 100 valence electrons. The van der Waals surface area contributed by atoms with Crippen LogP contribution in [0.25, 0.3) is 0 Å². The summed E-state index contributed by atoms with van der Waals surface area (Å²) < 4.78 is 5.60. The molecule has 1 amide bonds. The number of nitrogens with one attached hydrogen (secondary N) is 2. The van der Waals surface area contributed by atoms with Gasteiger partial charge in [-0.25, -0.2) is 0 Å². The molecule has 1 unspecified atom stereocenters. The zero-order valence-electron chi connectivity index (χ0n) is 11.5. The molecule has 0 aliphatic carbocycles. The average molecular weight is 250 g/mol. The molecule has 4 heteroatoms. The minimum absolute atomic E-state index is 0.0563. The Labute approximate surface area is 109 Å². The summed E-state index contributed by atoms with van der Waals surface area (Å²) >= 11 is 0. The van der Waals surface area contributed by atoms with Crippen molar-refractivity contribution in [2.75, 3.05) is 20.2 Å². The van der Waals surface area contributed by atoms with E-state index in [-0.39, 0.29) is 18.6 Å². The van der Waals surface area contributed by atoms with Crippen LogP contribution in [-0.2, 0) is 4.79 Å². The summed E-state index contributed by atoms with van der Waals surface area (Å²) in [5.41, 5.74) is 2.18. The summed E-state index contributed by atoms with van der Waals surface area (Å²) in [5.74, 6) is 0.671. The van der Waals surface area contributed by atoms with Crippen LogP contribution in [0.4, 0.5) is 0 Å². The summed E-state index contributed by atoms with van der Waals surface area (Å²) in [5, 5.41) is 5.89. The monoisotopic (exact) mass is 250 g/mol. The van der Waals surface area contributed by atoms with Gasteiger partial charge in [0.2, 0.25) is 0 Å². The Morgan fingerprint density at radius 2 is 2.17 bits per heavy atom. The molecule has 2 N–H and O–H groups in total. The highest BCUT2D eigenvalue weighted by Gasteiger charge is 2.11. The number of benzene rings is 1. The van der Waals surface area contributed by atoms with Gasteiger partial charge in [0.25, 0.3) is 5.91 Å². The van der Waals surface area contributed by atoms with E-state index < -0.39 is 0 Å². The molecule has 0 aliphatic rings. The van der Waals surface area contributed by atoms with Crippen molar-refractivity contribution >= 4 is 5.91 Å². The van der Waals surface area contributed by atoms with Gasteiger partial charge in [-0.3, -0.25) is 4.79 Å². The number of ether oxygens (including phenoxy) is 1. The maximum atomic E-state index is 11.4. The highest BCUT2D eigenvalue weighted by atomic mass is 16.5. The third-order valence-corrected chi connectivity index (χ3v) is 2.80. The molecule has 0 aromatic heterocycles. The Kier molecular flexibility index (Phi) is 5.65. The van der Waals surface area contributed by atoms with Crippen molar-refractivity contribution in [1.82, 2.24) is 10.6 Å². The second-order valence-electron chi connectivity index (χ2n) is 4.29. The Morgan fingerprint density at radius 1 is 1.44 bits per heavy atom. The van der Waals surface area contributed by atoms with E-state index in [1.165, 1.54) is 0 Å². The van der Waals surface area contributed by atoms with Crippen molar-refractivity contribution in [3.05, 3.63) is 29.3 Å². The number of aryl methyl sites for hydroxylation is 1. The SMILES string of the molecule is CCNC(=O)COc1cc(C)ccc1C(C)NC. The van der Waals surface area contributed by atoms with Crippen molar-refractivity contribution < 1.29 is 9.53 Å². The fourth-order valence-corrected chi connectivity index (χ4v) is 1.67. The van der Waals surface area contributed by atoms with Gasteiger partial charge in [0.05, 0.1) is 0 Å². The molecule has 1 atom stereocenters. The summed E-state index contributed by atoms with van der Waals surface area (Å²) in [7, 11) is 1.90. The topological polar surface area (TPSA) is 50.4 Å². The zero-order chi connectivity index (χ0) is 13.5. The number of rotatable bonds is 6. The minimum Gasteiger partial charge on any atom is -0.483 e. The first-order valence-corrected chi connectivity index (χ1v) is 6.25. The van der Waals surface area contributed by atoms with Gasteiger partial charge in [0.15, 0.2) is 6.61 Å². The zero-order valence-corrected chi connectivity index (χ0v) is 11.5. The number of carbonyl (C=O) groups excluding carboxylic acids is 1. The second kappa shape index (κ2) is 7.01. The molecule has 0 heterocycles. The molecule has 0 saturated heterocycles. The number of hydrogen-bond donors (Lipinski definition) is 2. The normalized spacial score (nSPS) is 12.0. The molecule has 0 fully saturated rings. The van der Waals surface area contributed by atoms with Crippen molar-refractivity contribution in [2.24, 2.45) is 0 Å². The molecule has 1 rings (SSSR count). The molecule has 0 spiro atoms. The average Bonchev–Trinajstić information content (AvgIpc) is 2.36. The first-order valence-electron chi connectivity index (χ1n) is 6.25. The molecule has 1 aromatic carbocycles. The summed E-state index contributed by atoms with van der Waals surface area (Å²) in [6.07, 6.45) is 0. The van der Waals surface area contributed by atoms with Crippen molar-refractivity contribution in [3.8, 4) is 5.75 Å². The fourth-order valence-electron chi connectivity index (χ4n) is 1.67. The van der Waals surface area contributed by atoms with Gasteiger partial charge in [-0.2, -0.15) is 0 Å². The van der Waals surface area contributed by atoms with Gasteiger partial charge in [-0.1, -0.05) is 12.1 Å². The Hall–Kier alpha value is -1.55. The predicted molar refractivity (Wildman–Crippen MR) is 72.8 cm³/mol. The molecular weight excluding hydrogens is 228 g/mol. The molecule has 0 radical (unpaired) electrons. The van der Waals surface area contributed by atoms with E-state index in [1.807, 2.05) is 39.1 Å². The Bertz CT molecular complexity index is 405. The third-order valence-electron chi connectivity index (χ3n) is 2.80. The van der Waals surface area contributed by atoms with E-state index in [0.717, 1.165) is 16.9 Å². The smallest absolute Gasteiger partial charge is 0.257 e. The van der Waals surface area contributed by atoms with E-state index in [2.05, 4.69) is 17.6 Å². The van der Waals surface area contributed by atoms with Gasteiger partial charge in [0.1, 0.15) is 5.75 Å². The molecule has 0 bridgehead atoms. The molecule has 18 heavy (non-hydrogen) atoms. The number of carbonyl (C=O) groups is 1. The summed E-state index contributed by atoms with van der Waals surface area (Å²) in [4.78, 5) is 11.4. The lowest BCUT2D eigenvalue weighted by atomic mass is 10.1. The molecule has 0 saturated carbocycles. The van der Waals surface area contributed by atoms with Crippen molar-refractivity contribution in [2.45, 2.75) is 26.8 Å². The maximum absolute atomic E-state index is 11.4. The van der Waals surface area contributed by atoms with Crippen LogP contribution in [0.2, 0.25) is 0 Å². The Balaban J connectivity index is 2.79. The second-order valence-corrected chi connectivity index (χ2v) is 4.29. The van der Waals surface area contributed by atoms with Crippen molar-refractivity contribution in [1.29, 1.82) is 0 Å². The van der Waals surface area contributed by atoms with Crippen LogP contribution < -0.4 is 15.4 Å². The Morgan fingerprint density at radius 3 is 2.78 bits per heavy atom. The first kappa shape index (κ1) is 14.5. The fraction of sp³-hybridized carbons (Fsp3) is 0.500. The van der Waals surface area contributed by atoms with E-state index >= 15 is 0 Å². The van der Waals surface area contributed by atoms with Gasteiger partial charge in [-0.05, 0) is 39.4 Å². The largest absolute Gasteiger partial charge is 0.483 e. The van der Waals surface area contributed by atoms with Gasteiger partial charge < -0.3 is 15.4 Å². The van der Waals surface area contributed by atoms with E-state index in [1.54, 1.807) is 0 Å². The van der Waals surface area contributed by atoms with E-state index in [9.17, 15) is 4.79 Å². The third kappa shape index (κ3) is 4.04. The van der Waals surface area contributed by atoms with Crippen LogP contribution >= 0.6 is 0 Å². The number of amides is 1. The van der Waals surface area contributed by atoms with Crippen LogP contribution in [-0.4, -0.2) is 26.1 Å². The summed E-state index contributed by atoms with van der Waals surface area (Å²) in [6, 6.07) is 6.23. The lowest BCUT2D eigenvalue weighted by Crippen LogP contribution is -2.28. The highest BCUT2D eigenvalue weighted by molar-refractivity contribution is 5.77. The van der Waals surface area contributed by atoms with E-state index in [0.29, 0.717) is 6.54 Å². The van der Waals surface area contributed by atoms with Crippen LogP contribution in [0.15, 0.2) is 18.2 Å². The van der Waals surface area contributed by atoms with Crippen LogP contribution in [0.5, 0.6) is 5.75 Å². The van der Waals surface area contributed by atoms with Crippen LogP contribution in [0, 0.1) is 6.92 Å². The molecule has 4 nitrogen and oxygen atoms in total. The molecular formula is C14H22N2O2. The lowest BCUT2D eigenvalue weighted by Gasteiger charge is -2.17. The van der Waals surface area contributed by atoms with Crippen LogP contribution in [0.1, 0.15) is 31.0 Å². The van der Waals surface area contributed by atoms with Crippen molar-refractivity contribution in [3.63, 3.8) is 0 Å².